The first-order valence-electron chi connectivity index (χ1n) is 22.1. The molecule has 0 N–H and O–H groups in total. The Morgan fingerprint density at radius 3 is 1.27 bits per heavy atom. The molecule has 13 aromatic rings. The second-order valence-electron chi connectivity index (χ2n) is 16.6. The summed E-state index contributed by atoms with van der Waals surface area (Å²) >= 11 is 0. The van der Waals surface area contributed by atoms with Gasteiger partial charge in [0.2, 0.25) is 5.89 Å². The fourth-order valence-electron chi connectivity index (χ4n) is 9.04. The summed E-state index contributed by atoms with van der Waals surface area (Å²) in [7, 11) is 0. The summed E-state index contributed by atoms with van der Waals surface area (Å²) in [6.07, 6.45) is 3.56. The SMILES string of the molecule is c1ccc(-c2cc(-c3ccc4ccccc4c3)nc(-c3cc(-c4nc(-c5ccccc5)cc(-c5ccc6ccccc6c5)n4)cc(-c4nc5c6cccnc6c6ncccc6c5o4)c3)n2)cc1. The maximum atomic E-state index is 6.85. The van der Waals surface area contributed by atoms with Gasteiger partial charge in [-0.3, -0.25) is 9.97 Å². The normalized spacial score (nSPS) is 11.6. The van der Waals surface area contributed by atoms with E-state index < -0.39 is 0 Å². The van der Waals surface area contributed by atoms with E-state index in [9.17, 15) is 0 Å². The topological polar surface area (TPSA) is 103 Å². The van der Waals surface area contributed by atoms with E-state index in [-0.39, 0.29) is 0 Å². The Morgan fingerprint density at radius 2 is 0.731 bits per heavy atom. The number of nitrogens with zero attached hydrogens (tertiary/aromatic N) is 7. The number of hydrogen-bond donors (Lipinski definition) is 0. The lowest BCUT2D eigenvalue weighted by Crippen LogP contribution is -1.99. The summed E-state index contributed by atoms with van der Waals surface area (Å²) < 4.78 is 6.85. The maximum absolute atomic E-state index is 6.85. The molecule has 0 amide bonds. The average molecular weight is 858 g/mol. The number of pyridine rings is 2. The molecule has 312 valence electrons. The van der Waals surface area contributed by atoms with Crippen LogP contribution in [-0.4, -0.2) is 34.9 Å². The third-order valence-electron chi connectivity index (χ3n) is 12.3. The molecule has 0 aliphatic carbocycles. The van der Waals surface area contributed by atoms with Crippen molar-refractivity contribution < 1.29 is 4.42 Å². The summed E-state index contributed by atoms with van der Waals surface area (Å²) in [4.78, 5) is 36.0. The van der Waals surface area contributed by atoms with Crippen molar-refractivity contribution in [2.45, 2.75) is 0 Å². The van der Waals surface area contributed by atoms with Gasteiger partial charge in [-0.25, -0.2) is 24.9 Å². The van der Waals surface area contributed by atoms with E-state index in [4.69, 9.17) is 39.3 Å². The molecule has 0 aliphatic rings. The van der Waals surface area contributed by atoms with E-state index in [2.05, 4.69) is 140 Å². The molecule has 0 unspecified atom stereocenters. The van der Waals surface area contributed by atoms with Gasteiger partial charge in [-0.2, -0.15) is 0 Å². The maximum Gasteiger partial charge on any atom is 0.227 e. The van der Waals surface area contributed by atoms with Crippen LogP contribution in [0, 0.1) is 0 Å². The van der Waals surface area contributed by atoms with Crippen LogP contribution in [0.5, 0.6) is 0 Å². The lowest BCUT2D eigenvalue weighted by atomic mass is 10.0. The van der Waals surface area contributed by atoms with Gasteiger partial charge in [0, 0.05) is 62.1 Å². The van der Waals surface area contributed by atoms with Crippen LogP contribution in [-0.2, 0) is 0 Å². The average Bonchev–Trinajstić information content (AvgIpc) is 3.87. The second kappa shape index (κ2) is 15.8. The Bertz CT molecular complexity index is 3800. The van der Waals surface area contributed by atoms with Crippen molar-refractivity contribution >= 4 is 54.5 Å². The van der Waals surface area contributed by atoms with E-state index in [1.165, 1.54) is 0 Å². The molecule has 8 aromatic carbocycles. The molecule has 0 atom stereocenters. The molecule has 5 aromatic heterocycles. The third kappa shape index (κ3) is 6.92. The minimum atomic E-state index is 0.419. The number of fused-ring (bicyclic) bond motifs is 8. The molecule has 0 fully saturated rings. The van der Waals surface area contributed by atoms with E-state index >= 15 is 0 Å². The van der Waals surface area contributed by atoms with Gasteiger partial charge >= 0.3 is 0 Å². The van der Waals surface area contributed by atoms with Crippen LogP contribution >= 0.6 is 0 Å². The van der Waals surface area contributed by atoms with Crippen molar-refractivity contribution in [1.29, 1.82) is 0 Å². The molecule has 67 heavy (non-hydrogen) atoms. The van der Waals surface area contributed by atoms with Crippen LogP contribution in [0.4, 0.5) is 0 Å². The first kappa shape index (κ1) is 38.2. The molecule has 0 aliphatic heterocycles. The molecule has 0 radical (unpaired) electrons. The predicted octanol–water partition coefficient (Wildman–Crippen LogP) is 14.5. The highest BCUT2D eigenvalue weighted by molar-refractivity contribution is 6.20. The lowest BCUT2D eigenvalue weighted by Gasteiger charge is -2.13. The van der Waals surface area contributed by atoms with Gasteiger partial charge in [-0.15, -0.1) is 0 Å². The van der Waals surface area contributed by atoms with Crippen molar-refractivity contribution in [3.05, 3.63) is 213 Å². The van der Waals surface area contributed by atoms with Crippen molar-refractivity contribution in [3.63, 3.8) is 0 Å². The van der Waals surface area contributed by atoms with Crippen molar-refractivity contribution in [2.75, 3.05) is 0 Å². The summed E-state index contributed by atoms with van der Waals surface area (Å²) in [5.41, 5.74) is 12.1. The Balaban J connectivity index is 1.07. The third-order valence-corrected chi connectivity index (χ3v) is 12.3. The van der Waals surface area contributed by atoms with E-state index in [0.717, 1.165) is 99.5 Å². The quantitative estimate of drug-likeness (QED) is 0.146. The number of hydrogen-bond acceptors (Lipinski definition) is 8. The monoisotopic (exact) mass is 857 g/mol. The van der Waals surface area contributed by atoms with Crippen LogP contribution in [0.15, 0.2) is 217 Å². The van der Waals surface area contributed by atoms with Gasteiger partial charge in [0.25, 0.3) is 0 Å². The highest BCUT2D eigenvalue weighted by Crippen LogP contribution is 2.39. The molecule has 5 heterocycles. The van der Waals surface area contributed by atoms with Crippen molar-refractivity contribution in [2.24, 2.45) is 0 Å². The van der Waals surface area contributed by atoms with Crippen LogP contribution in [0.1, 0.15) is 0 Å². The lowest BCUT2D eigenvalue weighted by molar-refractivity contribution is 0.623. The predicted molar refractivity (Wildman–Crippen MR) is 269 cm³/mol. The smallest absolute Gasteiger partial charge is 0.227 e. The van der Waals surface area contributed by atoms with Gasteiger partial charge in [0.15, 0.2) is 17.2 Å². The molecule has 13 rings (SSSR count). The summed E-state index contributed by atoms with van der Waals surface area (Å²) in [5.74, 6) is 1.48. The van der Waals surface area contributed by atoms with E-state index in [1.54, 1.807) is 12.4 Å². The number of benzene rings is 8. The zero-order chi connectivity index (χ0) is 44.3. The zero-order valence-electron chi connectivity index (χ0n) is 35.7. The highest BCUT2D eigenvalue weighted by Gasteiger charge is 2.21. The summed E-state index contributed by atoms with van der Waals surface area (Å²) in [6.45, 7) is 0. The van der Waals surface area contributed by atoms with Crippen LogP contribution in [0.2, 0.25) is 0 Å². The Hall–Kier alpha value is -9.27. The Kier molecular flexibility index (Phi) is 8.99. The van der Waals surface area contributed by atoms with Crippen LogP contribution in [0.3, 0.4) is 0 Å². The molecule has 0 saturated carbocycles. The fraction of sp³-hybridized carbons (Fsp3) is 0. The highest BCUT2D eigenvalue weighted by atomic mass is 16.3. The molecular weight excluding hydrogens is 823 g/mol. The number of rotatable bonds is 7. The molecule has 0 saturated heterocycles. The van der Waals surface area contributed by atoms with Gasteiger partial charge in [-0.1, -0.05) is 133 Å². The largest absolute Gasteiger partial charge is 0.435 e. The Labute approximate surface area is 384 Å². The van der Waals surface area contributed by atoms with Crippen LogP contribution < -0.4 is 0 Å². The van der Waals surface area contributed by atoms with Gasteiger partial charge < -0.3 is 4.42 Å². The van der Waals surface area contributed by atoms with Crippen LogP contribution in [0.25, 0.3) is 134 Å². The minimum absolute atomic E-state index is 0.419. The zero-order valence-corrected chi connectivity index (χ0v) is 35.7. The van der Waals surface area contributed by atoms with E-state index in [0.29, 0.717) is 34.2 Å². The van der Waals surface area contributed by atoms with E-state index in [1.807, 2.05) is 60.7 Å². The van der Waals surface area contributed by atoms with Crippen molar-refractivity contribution in [1.82, 2.24) is 34.9 Å². The first-order chi connectivity index (χ1) is 33.1. The molecule has 0 spiro atoms. The standard InChI is InChI=1S/C59H35N7O/c1-3-15-38(16-4-1)49-34-51(42-25-23-36-13-7-9-19-40(36)29-42)64-57(62-49)44-31-45(33-46(32-44)59-66-55-47-21-11-27-60-53(47)54-48(56(55)67-59)22-12-28-61-54)58-63-50(39-17-5-2-6-18-39)35-52(65-58)43-26-24-37-14-8-10-20-41(37)30-43/h1-35H. The summed E-state index contributed by atoms with van der Waals surface area (Å²) in [5, 5.41) is 6.26. The minimum Gasteiger partial charge on any atom is -0.435 e. The molecule has 0 bridgehead atoms. The van der Waals surface area contributed by atoms with Crippen molar-refractivity contribution in [3.8, 4) is 79.3 Å². The van der Waals surface area contributed by atoms with Gasteiger partial charge in [0.1, 0.15) is 11.0 Å². The van der Waals surface area contributed by atoms with Gasteiger partial charge in [0.05, 0.1) is 28.3 Å². The first-order valence-corrected chi connectivity index (χ1v) is 22.1. The number of aromatic nitrogens is 7. The Morgan fingerprint density at radius 1 is 0.284 bits per heavy atom. The summed E-state index contributed by atoms with van der Waals surface area (Å²) in [6, 6.07) is 68.2. The van der Waals surface area contributed by atoms with Gasteiger partial charge in [-0.05, 0) is 88.3 Å². The molecule has 8 nitrogen and oxygen atoms in total. The molecule has 8 heteroatoms. The molecular formula is C59H35N7O. The number of oxazole rings is 1. The second-order valence-corrected chi connectivity index (χ2v) is 16.6. The fourth-order valence-corrected chi connectivity index (χ4v) is 9.04.